The van der Waals surface area contributed by atoms with Crippen molar-refractivity contribution < 1.29 is 17.9 Å². The van der Waals surface area contributed by atoms with Gasteiger partial charge in [-0.05, 0) is 18.6 Å². The third-order valence-electron chi connectivity index (χ3n) is 3.31. The Morgan fingerprint density at radius 3 is 2.82 bits per heavy atom. The molecule has 1 aliphatic rings. The fourth-order valence-corrected chi connectivity index (χ4v) is 3.89. The van der Waals surface area contributed by atoms with Crippen molar-refractivity contribution in [3.8, 4) is 5.75 Å². The first-order valence-electron chi connectivity index (χ1n) is 7.11. The Balaban J connectivity index is 1.63. The van der Waals surface area contributed by atoms with Gasteiger partial charge in [0.2, 0.25) is 15.9 Å². The first-order valence-corrected chi connectivity index (χ1v) is 9.09. The third-order valence-corrected chi connectivity index (χ3v) is 5.58. The number of carbonyl (C=O) groups excluding carboxylic acids is 1. The van der Waals surface area contributed by atoms with Crippen LogP contribution in [0.25, 0.3) is 0 Å². The molecule has 0 bridgehead atoms. The Kier molecular flexibility index (Phi) is 6.05. The Labute approximate surface area is 135 Å². The van der Waals surface area contributed by atoms with Gasteiger partial charge in [-0.25, -0.2) is 12.7 Å². The summed E-state index contributed by atoms with van der Waals surface area (Å²) < 4.78 is 30.0. The lowest BCUT2D eigenvalue weighted by Gasteiger charge is -2.14. The Hall–Kier alpha value is -1.31. The van der Waals surface area contributed by atoms with Crippen LogP contribution in [-0.4, -0.2) is 50.6 Å². The second-order valence-electron chi connectivity index (χ2n) is 4.95. The molecular weight excluding hydrogens is 328 g/mol. The van der Waals surface area contributed by atoms with Gasteiger partial charge in [0.15, 0.2) is 0 Å². The summed E-state index contributed by atoms with van der Waals surface area (Å²) in [5.41, 5.74) is 0. The maximum Gasteiger partial charge on any atom is 0.223 e. The van der Waals surface area contributed by atoms with Gasteiger partial charge in [0.1, 0.15) is 5.75 Å². The van der Waals surface area contributed by atoms with E-state index in [1.807, 2.05) is 0 Å². The van der Waals surface area contributed by atoms with Crippen molar-refractivity contribution in [1.29, 1.82) is 0 Å². The molecule has 22 heavy (non-hydrogen) atoms. The summed E-state index contributed by atoms with van der Waals surface area (Å²) >= 11 is 5.93. The second kappa shape index (κ2) is 7.80. The molecular formula is C14H19ClN2O4S. The summed E-state index contributed by atoms with van der Waals surface area (Å²) in [4.78, 5) is 11.7. The van der Waals surface area contributed by atoms with E-state index in [2.05, 4.69) is 5.32 Å². The minimum absolute atomic E-state index is 0.177. The Bertz CT molecular complexity index is 621. The average Bonchev–Trinajstić information content (AvgIpc) is 2.80. The molecule has 2 rings (SSSR count). The normalized spacial score (nSPS) is 17.3. The lowest BCUT2D eigenvalue weighted by molar-refractivity contribution is -0.121. The van der Waals surface area contributed by atoms with Crippen LogP contribution in [0.5, 0.6) is 5.75 Å². The number of sulfonamides is 1. The number of benzene rings is 1. The van der Waals surface area contributed by atoms with Gasteiger partial charge in [0, 0.05) is 19.6 Å². The van der Waals surface area contributed by atoms with Crippen LogP contribution in [0.2, 0.25) is 5.02 Å². The van der Waals surface area contributed by atoms with Crippen molar-refractivity contribution in [2.45, 2.75) is 12.8 Å². The largest absolute Gasteiger partial charge is 0.491 e. The minimum atomic E-state index is -3.10. The first-order chi connectivity index (χ1) is 10.5. The highest BCUT2D eigenvalue weighted by molar-refractivity contribution is 7.89. The molecule has 0 spiro atoms. The minimum Gasteiger partial charge on any atom is -0.491 e. The van der Waals surface area contributed by atoms with Crippen molar-refractivity contribution >= 4 is 27.5 Å². The average molecular weight is 347 g/mol. The standard InChI is InChI=1S/C14H19ClN2O4S/c15-12-4-1-2-5-13(12)21-10-6-14(18)16-7-9-17-8-3-11-22(17,19)20/h1-2,4-5H,3,6-11H2,(H,16,18). The highest BCUT2D eigenvalue weighted by Crippen LogP contribution is 2.23. The predicted octanol–water partition coefficient (Wildman–Crippen LogP) is 1.26. The second-order valence-corrected chi connectivity index (χ2v) is 7.44. The number of nitrogens with zero attached hydrogens (tertiary/aromatic N) is 1. The molecule has 1 N–H and O–H groups in total. The molecule has 1 saturated heterocycles. The number of amides is 1. The maximum atomic E-state index is 11.7. The molecule has 1 aliphatic heterocycles. The van der Waals surface area contributed by atoms with Gasteiger partial charge < -0.3 is 10.1 Å². The van der Waals surface area contributed by atoms with Crippen LogP contribution in [0.4, 0.5) is 0 Å². The lowest BCUT2D eigenvalue weighted by atomic mass is 10.3. The van der Waals surface area contributed by atoms with E-state index >= 15 is 0 Å². The number of rotatable bonds is 7. The molecule has 0 saturated carbocycles. The summed E-state index contributed by atoms with van der Waals surface area (Å²) in [5.74, 6) is 0.566. The number of hydrogen-bond donors (Lipinski definition) is 1. The van der Waals surface area contributed by atoms with Gasteiger partial charge in [-0.15, -0.1) is 0 Å². The molecule has 0 aromatic heterocycles. The van der Waals surface area contributed by atoms with Crippen LogP contribution in [-0.2, 0) is 14.8 Å². The number of halogens is 1. The molecule has 6 nitrogen and oxygen atoms in total. The van der Waals surface area contributed by atoms with Gasteiger partial charge in [-0.3, -0.25) is 4.79 Å². The van der Waals surface area contributed by atoms with E-state index in [1.54, 1.807) is 24.3 Å². The van der Waals surface area contributed by atoms with E-state index in [0.717, 1.165) is 0 Å². The maximum absolute atomic E-state index is 11.7. The number of nitrogens with one attached hydrogen (secondary N) is 1. The SMILES string of the molecule is O=C(CCOc1ccccc1Cl)NCCN1CCCS1(=O)=O. The van der Waals surface area contributed by atoms with E-state index in [4.69, 9.17) is 16.3 Å². The van der Waals surface area contributed by atoms with Gasteiger partial charge in [-0.2, -0.15) is 0 Å². The Morgan fingerprint density at radius 2 is 2.14 bits per heavy atom. The molecule has 1 aromatic carbocycles. The highest BCUT2D eigenvalue weighted by atomic mass is 35.5. The quantitative estimate of drug-likeness (QED) is 0.806. The van der Waals surface area contributed by atoms with Crippen LogP contribution < -0.4 is 10.1 Å². The summed E-state index contributed by atoms with van der Waals surface area (Å²) in [5, 5.41) is 3.19. The van der Waals surface area contributed by atoms with Gasteiger partial charge in [0.25, 0.3) is 0 Å². The van der Waals surface area contributed by atoms with Crippen LogP contribution in [0.15, 0.2) is 24.3 Å². The molecule has 122 valence electrons. The fraction of sp³-hybridized carbons (Fsp3) is 0.500. The van der Waals surface area contributed by atoms with Crippen molar-refractivity contribution in [1.82, 2.24) is 9.62 Å². The molecule has 0 aliphatic carbocycles. The van der Waals surface area contributed by atoms with Crippen LogP contribution in [0.1, 0.15) is 12.8 Å². The number of hydrogen-bond acceptors (Lipinski definition) is 4. The zero-order valence-electron chi connectivity index (χ0n) is 12.1. The summed E-state index contributed by atoms with van der Waals surface area (Å²) in [6, 6.07) is 7.05. The van der Waals surface area contributed by atoms with Crippen LogP contribution in [0, 0.1) is 0 Å². The van der Waals surface area contributed by atoms with Gasteiger partial charge in [0.05, 0.1) is 23.8 Å². The molecule has 0 unspecified atom stereocenters. The zero-order chi connectivity index (χ0) is 16.0. The number of carbonyl (C=O) groups is 1. The van der Waals surface area contributed by atoms with Crippen molar-refractivity contribution in [2.24, 2.45) is 0 Å². The van der Waals surface area contributed by atoms with E-state index in [0.29, 0.717) is 36.8 Å². The number of ether oxygens (including phenoxy) is 1. The molecule has 8 heteroatoms. The summed E-state index contributed by atoms with van der Waals surface area (Å²) in [7, 11) is -3.10. The van der Waals surface area contributed by atoms with Crippen molar-refractivity contribution in [2.75, 3.05) is 32.0 Å². The van der Waals surface area contributed by atoms with Gasteiger partial charge in [-0.1, -0.05) is 23.7 Å². The molecule has 0 radical (unpaired) electrons. The third kappa shape index (κ3) is 4.86. The van der Waals surface area contributed by atoms with E-state index in [1.165, 1.54) is 4.31 Å². The van der Waals surface area contributed by atoms with Crippen LogP contribution in [0.3, 0.4) is 0 Å². The van der Waals surface area contributed by atoms with Crippen molar-refractivity contribution in [3.05, 3.63) is 29.3 Å². The smallest absolute Gasteiger partial charge is 0.223 e. The van der Waals surface area contributed by atoms with Crippen LogP contribution >= 0.6 is 11.6 Å². The molecule has 0 atom stereocenters. The molecule has 1 amide bonds. The topological polar surface area (TPSA) is 75.7 Å². The van der Waals surface area contributed by atoms with Gasteiger partial charge >= 0.3 is 0 Å². The fourth-order valence-electron chi connectivity index (χ4n) is 2.17. The highest BCUT2D eigenvalue weighted by Gasteiger charge is 2.27. The summed E-state index contributed by atoms with van der Waals surface area (Å²) in [6.07, 6.45) is 0.847. The van der Waals surface area contributed by atoms with E-state index in [9.17, 15) is 13.2 Å². The lowest BCUT2D eigenvalue weighted by Crippen LogP contribution is -2.36. The molecule has 1 fully saturated rings. The Morgan fingerprint density at radius 1 is 1.36 bits per heavy atom. The summed E-state index contributed by atoms with van der Waals surface area (Å²) in [6.45, 7) is 1.38. The monoisotopic (exact) mass is 346 g/mol. The van der Waals surface area contributed by atoms with E-state index < -0.39 is 10.0 Å². The molecule has 1 aromatic rings. The predicted molar refractivity (Wildman–Crippen MR) is 84.6 cm³/mol. The zero-order valence-corrected chi connectivity index (χ0v) is 13.7. The van der Waals surface area contributed by atoms with Crippen molar-refractivity contribution in [3.63, 3.8) is 0 Å². The van der Waals surface area contributed by atoms with E-state index in [-0.39, 0.29) is 24.7 Å². The molecule has 1 heterocycles. The number of para-hydroxylation sites is 1. The first kappa shape index (κ1) is 17.1.